The third-order valence-corrected chi connectivity index (χ3v) is 5.13. The van der Waals surface area contributed by atoms with E-state index in [1.165, 1.54) is 17.5 Å². The van der Waals surface area contributed by atoms with E-state index in [1.54, 1.807) is 0 Å². The molecule has 2 atom stereocenters. The standard InChI is InChI=1S/C18H26N2O/c19-13-17-7-3-4-10-20(17)18(21)12-14-8-9-15-5-1-2-6-16(15)11-14/h1-2,5-6,14,17H,3-4,7-13,19H2. The van der Waals surface area contributed by atoms with Gasteiger partial charge < -0.3 is 10.6 Å². The lowest BCUT2D eigenvalue weighted by Gasteiger charge is -2.36. The smallest absolute Gasteiger partial charge is 0.223 e. The average molecular weight is 286 g/mol. The summed E-state index contributed by atoms with van der Waals surface area (Å²) >= 11 is 0. The summed E-state index contributed by atoms with van der Waals surface area (Å²) < 4.78 is 0. The molecule has 1 aliphatic heterocycles. The van der Waals surface area contributed by atoms with Crippen molar-refractivity contribution < 1.29 is 4.79 Å². The van der Waals surface area contributed by atoms with E-state index in [0.29, 0.717) is 24.8 Å². The third kappa shape index (κ3) is 3.29. The van der Waals surface area contributed by atoms with Crippen LogP contribution in [-0.2, 0) is 17.6 Å². The normalized spacial score (nSPS) is 25.5. The van der Waals surface area contributed by atoms with E-state index in [1.807, 2.05) is 0 Å². The molecular weight excluding hydrogens is 260 g/mol. The van der Waals surface area contributed by atoms with E-state index >= 15 is 0 Å². The van der Waals surface area contributed by atoms with Gasteiger partial charge in [-0.1, -0.05) is 24.3 Å². The van der Waals surface area contributed by atoms with Crippen LogP contribution < -0.4 is 5.73 Å². The Kier molecular flexibility index (Phi) is 4.59. The van der Waals surface area contributed by atoms with Gasteiger partial charge in [-0.2, -0.15) is 0 Å². The van der Waals surface area contributed by atoms with Crippen LogP contribution in [0.4, 0.5) is 0 Å². The second kappa shape index (κ2) is 6.61. The summed E-state index contributed by atoms with van der Waals surface area (Å²) in [6, 6.07) is 8.95. The number of hydrogen-bond donors (Lipinski definition) is 1. The Morgan fingerprint density at radius 1 is 1.19 bits per heavy atom. The van der Waals surface area contributed by atoms with Crippen molar-refractivity contribution >= 4 is 5.91 Å². The monoisotopic (exact) mass is 286 g/mol. The van der Waals surface area contributed by atoms with Gasteiger partial charge in [0.15, 0.2) is 0 Å². The minimum absolute atomic E-state index is 0.280. The second-order valence-electron chi connectivity index (χ2n) is 6.55. The summed E-state index contributed by atoms with van der Waals surface area (Å²) in [6.07, 6.45) is 7.44. The third-order valence-electron chi connectivity index (χ3n) is 5.13. The number of benzene rings is 1. The number of fused-ring (bicyclic) bond motifs is 1. The molecule has 3 rings (SSSR count). The Morgan fingerprint density at radius 2 is 2.00 bits per heavy atom. The van der Waals surface area contributed by atoms with Crippen LogP contribution in [0, 0.1) is 5.92 Å². The Balaban J connectivity index is 1.60. The van der Waals surface area contributed by atoms with Crippen molar-refractivity contribution in [1.82, 2.24) is 4.90 Å². The quantitative estimate of drug-likeness (QED) is 0.928. The van der Waals surface area contributed by atoms with Crippen LogP contribution in [0.2, 0.25) is 0 Å². The summed E-state index contributed by atoms with van der Waals surface area (Å²) in [5.74, 6) is 0.835. The molecule has 0 saturated carbocycles. The number of hydrogen-bond acceptors (Lipinski definition) is 2. The van der Waals surface area contributed by atoms with Crippen molar-refractivity contribution in [3.8, 4) is 0 Å². The fourth-order valence-corrected chi connectivity index (χ4v) is 3.89. The van der Waals surface area contributed by atoms with Crippen LogP contribution in [0.1, 0.15) is 43.2 Å². The molecule has 21 heavy (non-hydrogen) atoms. The van der Waals surface area contributed by atoms with E-state index in [-0.39, 0.29) is 6.04 Å². The predicted octanol–water partition coefficient (Wildman–Crippen LogP) is 2.52. The molecule has 2 N–H and O–H groups in total. The number of rotatable bonds is 3. The van der Waals surface area contributed by atoms with Crippen LogP contribution in [0.25, 0.3) is 0 Å². The summed E-state index contributed by atoms with van der Waals surface area (Å²) in [4.78, 5) is 14.7. The van der Waals surface area contributed by atoms with E-state index < -0.39 is 0 Å². The Bertz CT molecular complexity index is 500. The largest absolute Gasteiger partial charge is 0.338 e. The molecule has 0 aromatic heterocycles. The maximum Gasteiger partial charge on any atom is 0.223 e. The predicted molar refractivity (Wildman–Crippen MR) is 85.0 cm³/mol. The van der Waals surface area contributed by atoms with Gasteiger partial charge in [-0.3, -0.25) is 4.79 Å². The van der Waals surface area contributed by atoms with Gasteiger partial charge in [-0.25, -0.2) is 0 Å². The summed E-state index contributed by atoms with van der Waals surface area (Å²) in [7, 11) is 0. The number of piperidine rings is 1. The molecule has 1 aliphatic carbocycles. The summed E-state index contributed by atoms with van der Waals surface area (Å²) in [6.45, 7) is 1.52. The second-order valence-corrected chi connectivity index (χ2v) is 6.55. The molecule has 0 radical (unpaired) electrons. The zero-order valence-corrected chi connectivity index (χ0v) is 12.8. The fraction of sp³-hybridized carbons (Fsp3) is 0.611. The van der Waals surface area contributed by atoms with Crippen LogP contribution in [-0.4, -0.2) is 29.9 Å². The zero-order chi connectivity index (χ0) is 14.7. The number of nitrogens with zero attached hydrogens (tertiary/aromatic N) is 1. The van der Waals surface area contributed by atoms with E-state index in [4.69, 9.17) is 5.73 Å². The lowest BCUT2D eigenvalue weighted by Crippen LogP contribution is -2.48. The molecule has 3 heteroatoms. The van der Waals surface area contributed by atoms with Crippen LogP contribution in [0.5, 0.6) is 0 Å². The molecule has 1 saturated heterocycles. The molecular formula is C18H26N2O. The van der Waals surface area contributed by atoms with Crippen LogP contribution in [0.15, 0.2) is 24.3 Å². The molecule has 3 nitrogen and oxygen atoms in total. The molecule has 1 aromatic carbocycles. The minimum Gasteiger partial charge on any atom is -0.338 e. The summed E-state index contributed by atoms with van der Waals surface area (Å²) in [5.41, 5.74) is 8.75. The average Bonchev–Trinajstić information content (AvgIpc) is 2.54. The first-order valence-electron chi connectivity index (χ1n) is 8.34. The van der Waals surface area contributed by atoms with Crippen molar-refractivity contribution in [2.45, 2.75) is 51.0 Å². The van der Waals surface area contributed by atoms with Gasteiger partial charge in [-0.05, 0) is 55.6 Å². The van der Waals surface area contributed by atoms with Gasteiger partial charge in [0, 0.05) is 25.6 Å². The van der Waals surface area contributed by atoms with Crippen molar-refractivity contribution in [3.63, 3.8) is 0 Å². The topological polar surface area (TPSA) is 46.3 Å². The maximum absolute atomic E-state index is 12.6. The van der Waals surface area contributed by atoms with Crippen molar-refractivity contribution in [3.05, 3.63) is 35.4 Å². The molecule has 2 aliphatic rings. The Hall–Kier alpha value is -1.35. The number of amides is 1. The number of carbonyl (C=O) groups is 1. The highest BCUT2D eigenvalue weighted by Gasteiger charge is 2.28. The van der Waals surface area contributed by atoms with Gasteiger partial charge in [0.25, 0.3) is 0 Å². The molecule has 2 unspecified atom stereocenters. The highest BCUT2D eigenvalue weighted by atomic mass is 16.2. The Labute approximate surface area is 127 Å². The van der Waals surface area contributed by atoms with Gasteiger partial charge in [-0.15, -0.1) is 0 Å². The van der Waals surface area contributed by atoms with Gasteiger partial charge in [0.05, 0.1) is 0 Å². The SMILES string of the molecule is NCC1CCCCN1C(=O)CC1CCc2ccccc2C1. The number of nitrogens with two attached hydrogens (primary N) is 1. The molecule has 0 spiro atoms. The highest BCUT2D eigenvalue weighted by molar-refractivity contribution is 5.77. The van der Waals surface area contributed by atoms with Gasteiger partial charge in [0.2, 0.25) is 5.91 Å². The fourth-order valence-electron chi connectivity index (χ4n) is 3.89. The zero-order valence-electron chi connectivity index (χ0n) is 12.8. The van der Waals surface area contributed by atoms with Crippen molar-refractivity contribution in [2.75, 3.05) is 13.1 Å². The molecule has 1 amide bonds. The van der Waals surface area contributed by atoms with Gasteiger partial charge >= 0.3 is 0 Å². The minimum atomic E-state index is 0.280. The molecule has 1 fully saturated rings. The van der Waals surface area contributed by atoms with Crippen LogP contribution >= 0.6 is 0 Å². The molecule has 0 bridgehead atoms. The lowest BCUT2D eigenvalue weighted by atomic mass is 9.82. The first-order valence-corrected chi connectivity index (χ1v) is 8.34. The first kappa shape index (κ1) is 14.6. The molecule has 114 valence electrons. The van der Waals surface area contributed by atoms with Crippen molar-refractivity contribution in [2.24, 2.45) is 11.7 Å². The maximum atomic E-state index is 12.6. The molecule has 1 aromatic rings. The molecule has 1 heterocycles. The van der Waals surface area contributed by atoms with E-state index in [9.17, 15) is 4.79 Å². The lowest BCUT2D eigenvalue weighted by molar-refractivity contribution is -0.135. The van der Waals surface area contributed by atoms with Crippen molar-refractivity contribution in [1.29, 1.82) is 0 Å². The first-order chi connectivity index (χ1) is 10.3. The van der Waals surface area contributed by atoms with E-state index in [2.05, 4.69) is 29.2 Å². The van der Waals surface area contributed by atoms with Crippen LogP contribution in [0.3, 0.4) is 0 Å². The van der Waals surface area contributed by atoms with E-state index in [0.717, 1.165) is 38.6 Å². The number of carbonyl (C=O) groups excluding carboxylic acids is 1. The summed E-state index contributed by atoms with van der Waals surface area (Å²) in [5, 5.41) is 0. The van der Waals surface area contributed by atoms with Gasteiger partial charge in [0.1, 0.15) is 0 Å². The number of likely N-dealkylation sites (tertiary alicyclic amines) is 1. The Morgan fingerprint density at radius 3 is 2.81 bits per heavy atom. The number of aryl methyl sites for hydroxylation is 1. The highest BCUT2D eigenvalue weighted by Crippen LogP contribution is 2.28.